The maximum Gasteiger partial charge on any atom is 0.371 e. The summed E-state index contributed by atoms with van der Waals surface area (Å²) in [6, 6.07) is 0.323. The fraction of sp³-hybridized carbons (Fsp3) is 0.471. The van der Waals surface area contributed by atoms with Gasteiger partial charge >= 0.3 is 11.9 Å². The van der Waals surface area contributed by atoms with Crippen molar-refractivity contribution in [3.05, 3.63) is 36.5 Å². The van der Waals surface area contributed by atoms with E-state index in [2.05, 4.69) is 46.5 Å². The largest absolute Gasteiger partial charge is 0.465 e. The highest BCUT2D eigenvalue weighted by atomic mass is 35.5. The summed E-state index contributed by atoms with van der Waals surface area (Å²) in [6.07, 6.45) is 14.9. The number of rotatable bonds is 3. The Bertz CT molecular complexity index is 495. The number of hydrogen-bond donors (Lipinski definition) is 2. The van der Waals surface area contributed by atoms with Crippen LogP contribution in [0.2, 0.25) is 0 Å². The van der Waals surface area contributed by atoms with E-state index in [0.29, 0.717) is 18.6 Å². The molecular weight excluding hydrogens is 348 g/mol. The summed E-state index contributed by atoms with van der Waals surface area (Å²) in [5.74, 6) is -0.571. The van der Waals surface area contributed by atoms with Crippen LogP contribution in [0.25, 0.3) is 0 Å². The van der Waals surface area contributed by atoms with Crippen LogP contribution in [0, 0.1) is 5.92 Å². The number of carbonyl (C=O) groups is 3. The van der Waals surface area contributed by atoms with Crippen LogP contribution in [-0.4, -0.2) is 44.0 Å². The highest BCUT2D eigenvalue weighted by Gasteiger charge is 2.40. The number of hydrogen-bond acceptors (Lipinski definition) is 7. The Kier molecular flexibility index (Phi) is 14.6. The quantitative estimate of drug-likeness (QED) is 0.335. The Hall–Kier alpha value is -1.96. The Labute approximate surface area is 154 Å². The van der Waals surface area contributed by atoms with Crippen molar-refractivity contribution in [2.45, 2.75) is 31.8 Å². The maximum atomic E-state index is 11.3. The van der Waals surface area contributed by atoms with Crippen LogP contribution in [-0.2, 0) is 23.9 Å². The van der Waals surface area contributed by atoms with E-state index in [1.165, 1.54) is 0 Å². The molecule has 1 aliphatic heterocycles. The van der Waals surface area contributed by atoms with Gasteiger partial charge in [-0.2, -0.15) is 0 Å². The van der Waals surface area contributed by atoms with Gasteiger partial charge in [0.05, 0.1) is 13.7 Å². The molecule has 0 spiro atoms. The average Bonchev–Trinajstić information content (AvgIpc) is 3.33. The third kappa shape index (κ3) is 9.19. The van der Waals surface area contributed by atoms with Crippen LogP contribution in [0.15, 0.2) is 36.5 Å². The van der Waals surface area contributed by atoms with E-state index in [9.17, 15) is 14.4 Å². The van der Waals surface area contributed by atoms with Crippen molar-refractivity contribution in [1.82, 2.24) is 11.5 Å². The van der Waals surface area contributed by atoms with E-state index >= 15 is 0 Å². The number of ether oxygens (including phenoxy) is 2. The van der Waals surface area contributed by atoms with E-state index in [0.717, 1.165) is 20.0 Å². The summed E-state index contributed by atoms with van der Waals surface area (Å²) in [6.45, 7) is 2.30. The van der Waals surface area contributed by atoms with Gasteiger partial charge in [-0.25, -0.2) is 4.79 Å². The predicted molar refractivity (Wildman–Crippen MR) is 97.8 cm³/mol. The molecule has 2 bridgehead atoms. The zero-order valence-electron chi connectivity index (χ0n) is 14.6. The van der Waals surface area contributed by atoms with Crippen molar-refractivity contribution < 1.29 is 23.9 Å². The number of halogens is 1. The van der Waals surface area contributed by atoms with Gasteiger partial charge in [-0.3, -0.25) is 14.9 Å². The molecule has 7 nitrogen and oxygen atoms in total. The van der Waals surface area contributed by atoms with Crippen molar-refractivity contribution >= 4 is 30.6 Å². The lowest BCUT2D eigenvalue weighted by Crippen LogP contribution is -2.40. The summed E-state index contributed by atoms with van der Waals surface area (Å²) in [4.78, 5) is 30.2. The van der Waals surface area contributed by atoms with Gasteiger partial charge < -0.3 is 15.6 Å². The minimum Gasteiger partial charge on any atom is -0.465 e. The highest BCUT2D eigenvalue weighted by Crippen LogP contribution is 2.29. The second-order valence-corrected chi connectivity index (χ2v) is 5.02. The summed E-state index contributed by atoms with van der Waals surface area (Å²) in [7, 11) is 1.15. The van der Waals surface area contributed by atoms with Gasteiger partial charge in [-0.15, -0.1) is 12.4 Å². The highest BCUT2D eigenvalue weighted by molar-refractivity contribution is 6.20. The summed E-state index contributed by atoms with van der Waals surface area (Å²) in [5.41, 5.74) is 0. The number of carbonyl (C=O) groups excluding carboxylic acids is 3. The molecule has 0 amide bonds. The van der Waals surface area contributed by atoms with Crippen LogP contribution >= 0.6 is 12.4 Å². The molecular formula is C17H27ClN2O5. The van der Waals surface area contributed by atoms with Gasteiger partial charge in [-0.05, 0) is 19.8 Å². The molecule has 3 atom stereocenters. The van der Waals surface area contributed by atoms with E-state index in [1.54, 1.807) is 0 Å². The second-order valence-electron chi connectivity index (χ2n) is 5.02. The molecule has 8 heteroatoms. The SMILES string of the molecule is C1=CCC=C1.CCOC(=O)C1NC2C=CC1C2.COC(=O)C=O.Cl.N. The molecule has 0 aromatic carbocycles. The normalized spacial score (nSPS) is 23.0. The van der Waals surface area contributed by atoms with E-state index in [4.69, 9.17) is 4.74 Å². The average molecular weight is 375 g/mol. The molecule has 4 N–H and O–H groups in total. The first-order valence-corrected chi connectivity index (χ1v) is 7.58. The molecule has 3 unspecified atom stereocenters. The molecule has 0 aromatic rings. The molecule has 1 heterocycles. The Balaban J connectivity index is 0. The van der Waals surface area contributed by atoms with E-state index in [-0.39, 0.29) is 36.9 Å². The van der Waals surface area contributed by atoms with Gasteiger partial charge in [0.2, 0.25) is 6.29 Å². The van der Waals surface area contributed by atoms with Crippen LogP contribution < -0.4 is 11.5 Å². The van der Waals surface area contributed by atoms with Crippen molar-refractivity contribution in [2.75, 3.05) is 13.7 Å². The van der Waals surface area contributed by atoms with Gasteiger partial charge in [0.1, 0.15) is 6.04 Å². The molecule has 25 heavy (non-hydrogen) atoms. The second kappa shape index (κ2) is 14.4. The molecule has 0 radical (unpaired) electrons. The molecule has 0 aromatic heterocycles. The third-order valence-corrected chi connectivity index (χ3v) is 3.43. The lowest BCUT2D eigenvalue weighted by atomic mass is 10.0. The van der Waals surface area contributed by atoms with Crippen LogP contribution in [0.5, 0.6) is 0 Å². The van der Waals surface area contributed by atoms with Crippen LogP contribution in [0.1, 0.15) is 19.8 Å². The topological polar surface area (TPSA) is 117 Å². The molecule has 2 aliphatic carbocycles. The van der Waals surface area contributed by atoms with Gasteiger partial charge in [0.15, 0.2) is 0 Å². The minimum absolute atomic E-state index is 0. The first-order chi connectivity index (χ1) is 11.1. The fourth-order valence-corrected chi connectivity index (χ4v) is 2.37. The minimum atomic E-state index is -0.838. The van der Waals surface area contributed by atoms with E-state index in [1.807, 2.05) is 6.92 Å². The summed E-state index contributed by atoms with van der Waals surface area (Å²) in [5, 5.41) is 3.21. The van der Waals surface area contributed by atoms with Crippen molar-refractivity contribution in [3.63, 3.8) is 0 Å². The zero-order chi connectivity index (χ0) is 17.1. The van der Waals surface area contributed by atoms with E-state index < -0.39 is 5.97 Å². The summed E-state index contributed by atoms with van der Waals surface area (Å²) < 4.78 is 8.84. The Morgan fingerprint density at radius 2 is 1.88 bits per heavy atom. The number of fused-ring (bicyclic) bond motifs is 2. The first kappa shape index (κ1) is 25.3. The standard InChI is InChI=1S/C9H13NO2.C5H6.C3H4O3.ClH.H3N/c1-2-12-9(11)8-6-3-4-7(5-6)10-8;1-2-4-5-3-1;1-6-3(5)2-4;;/h3-4,6-8,10H,2,5H2,1H3;1-4H,5H2;2H,1H3;1H;1H3. The Morgan fingerprint density at radius 1 is 1.24 bits per heavy atom. The molecule has 1 saturated heterocycles. The lowest BCUT2D eigenvalue weighted by molar-refractivity contribution is -0.146. The molecule has 142 valence electrons. The maximum absolute atomic E-state index is 11.3. The molecule has 1 fully saturated rings. The molecule has 3 aliphatic rings. The first-order valence-electron chi connectivity index (χ1n) is 7.58. The number of nitrogens with one attached hydrogen (secondary N) is 1. The summed E-state index contributed by atoms with van der Waals surface area (Å²) >= 11 is 0. The predicted octanol–water partition coefficient (Wildman–Crippen LogP) is 1.91. The number of methoxy groups -OCH3 is 1. The van der Waals surface area contributed by atoms with Gasteiger partial charge in [0.25, 0.3) is 0 Å². The molecule has 3 rings (SSSR count). The number of esters is 2. The smallest absolute Gasteiger partial charge is 0.371 e. The third-order valence-electron chi connectivity index (χ3n) is 3.43. The monoisotopic (exact) mass is 374 g/mol. The Morgan fingerprint density at radius 3 is 2.16 bits per heavy atom. The fourth-order valence-electron chi connectivity index (χ4n) is 2.37. The van der Waals surface area contributed by atoms with Crippen LogP contribution in [0.4, 0.5) is 0 Å². The van der Waals surface area contributed by atoms with Crippen molar-refractivity contribution in [2.24, 2.45) is 5.92 Å². The van der Waals surface area contributed by atoms with Crippen molar-refractivity contribution in [1.29, 1.82) is 0 Å². The van der Waals surface area contributed by atoms with Crippen LogP contribution in [0.3, 0.4) is 0 Å². The molecule has 0 saturated carbocycles. The number of aldehydes is 1. The number of allylic oxidation sites excluding steroid dienone is 4. The van der Waals surface area contributed by atoms with Gasteiger partial charge in [-0.1, -0.05) is 36.5 Å². The van der Waals surface area contributed by atoms with Crippen molar-refractivity contribution in [3.8, 4) is 0 Å². The van der Waals surface area contributed by atoms with Gasteiger partial charge in [0, 0.05) is 12.0 Å². The lowest BCUT2D eigenvalue weighted by Gasteiger charge is -2.17. The zero-order valence-corrected chi connectivity index (χ0v) is 15.4.